The van der Waals surface area contributed by atoms with Gasteiger partial charge in [0.1, 0.15) is 12.1 Å². The summed E-state index contributed by atoms with van der Waals surface area (Å²) in [4.78, 5) is 10.8. The van der Waals surface area contributed by atoms with Crippen LogP contribution in [0, 0.1) is 0 Å². The molecule has 0 radical (unpaired) electrons. The van der Waals surface area contributed by atoms with Gasteiger partial charge in [0.15, 0.2) is 0 Å². The van der Waals surface area contributed by atoms with Crippen LogP contribution >= 0.6 is 22.9 Å². The summed E-state index contributed by atoms with van der Waals surface area (Å²) in [7, 11) is 0. The van der Waals surface area contributed by atoms with E-state index in [0.29, 0.717) is 0 Å². The van der Waals surface area contributed by atoms with Gasteiger partial charge in [0.2, 0.25) is 0 Å². The molecule has 2 aromatic rings. The van der Waals surface area contributed by atoms with E-state index in [0.717, 1.165) is 30.8 Å². The minimum absolute atomic E-state index is 0.259. The fraction of sp³-hybridized carbons (Fsp3) is 0.400. The van der Waals surface area contributed by atoms with E-state index in [1.165, 1.54) is 4.70 Å². The Kier molecular flexibility index (Phi) is 2.25. The van der Waals surface area contributed by atoms with Gasteiger partial charge in [0.05, 0.1) is 15.6 Å². The zero-order valence-corrected chi connectivity index (χ0v) is 9.63. The molecule has 3 rings (SSSR count). The van der Waals surface area contributed by atoms with E-state index in [-0.39, 0.29) is 5.38 Å². The first-order valence-corrected chi connectivity index (χ1v) is 6.23. The van der Waals surface area contributed by atoms with Crippen LogP contribution in [-0.2, 0) is 0 Å². The minimum Gasteiger partial charge on any atom is -0.354 e. The number of anilines is 1. The molecule has 0 N–H and O–H groups in total. The van der Waals surface area contributed by atoms with Crippen LogP contribution in [0.15, 0.2) is 17.8 Å². The Morgan fingerprint density at radius 2 is 2.40 bits per heavy atom. The normalized spacial score (nSPS) is 21.4. The first kappa shape index (κ1) is 9.36. The number of alkyl halides is 1. The van der Waals surface area contributed by atoms with Crippen LogP contribution in [0.3, 0.4) is 0 Å². The first-order chi connectivity index (χ1) is 7.34. The van der Waals surface area contributed by atoms with Crippen LogP contribution in [-0.4, -0.2) is 28.4 Å². The third-order valence-corrected chi connectivity index (χ3v) is 3.91. The number of thiophene rings is 1. The molecule has 1 aliphatic heterocycles. The smallest absolute Gasteiger partial charge is 0.150 e. The van der Waals surface area contributed by atoms with Gasteiger partial charge in [0.25, 0.3) is 0 Å². The van der Waals surface area contributed by atoms with E-state index in [1.807, 2.05) is 6.07 Å². The number of rotatable bonds is 1. The molecule has 0 bridgehead atoms. The highest BCUT2D eigenvalue weighted by Crippen LogP contribution is 2.30. The van der Waals surface area contributed by atoms with Crippen LogP contribution in [0.1, 0.15) is 6.42 Å². The first-order valence-electron chi connectivity index (χ1n) is 4.92. The topological polar surface area (TPSA) is 29.0 Å². The predicted molar refractivity (Wildman–Crippen MR) is 63.9 cm³/mol. The quantitative estimate of drug-likeness (QED) is 0.716. The van der Waals surface area contributed by atoms with Crippen molar-refractivity contribution in [2.45, 2.75) is 11.8 Å². The lowest BCUT2D eigenvalue weighted by Gasteiger charge is -2.16. The summed E-state index contributed by atoms with van der Waals surface area (Å²) in [5.74, 6) is 1.04. The Labute approximate surface area is 96.7 Å². The lowest BCUT2D eigenvalue weighted by atomic mass is 10.4. The summed E-state index contributed by atoms with van der Waals surface area (Å²) in [6, 6.07) is 2.03. The standard InChI is InChI=1S/C10H10ClN3S/c11-7-1-3-14(5-7)10-9-8(2-4-15-9)12-6-13-10/h2,4,6-7H,1,3,5H2. The molecule has 0 aliphatic carbocycles. The highest BCUT2D eigenvalue weighted by atomic mass is 35.5. The van der Waals surface area contributed by atoms with Crippen LogP contribution < -0.4 is 4.90 Å². The Bertz CT molecular complexity index is 484. The molecule has 3 nitrogen and oxygen atoms in total. The summed E-state index contributed by atoms with van der Waals surface area (Å²) < 4.78 is 1.17. The number of hydrogen-bond donors (Lipinski definition) is 0. The molecule has 1 fully saturated rings. The van der Waals surface area contributed by atoms with Crippen molar-refractivity contribution in [3.05, 3.63) is 17.8 Å². The van der Waals surface area contributed by atoms with Gasteiger partial charge in [-0.25, -0.2) is 9.97 Å². The summed E-state index contributed by atoms with van der Waals surface area (Å²) >= 11 is 7.79. The Balaban J connectivity index is 2.06. The van der Waals surface area contributed by atoms with Crippen LogP contribution in [0.25, 0.3) is 10.2 Å². The van der Waals surface area contributed by atoms with Crippen molar-refractivity contribution in [1.29, 1.82) is 0 Å². The zero-order valence-electron chi connectivity index (χ0n) is 8.06. The molecular formula is C10H10ClN3S. The van der Waals surface area contributed by atoms with Gasteiger partial charge in [-0.3, -0.25) is 0 Å². The average Bonchev–Trinajstić information content (AvgIpc) is 2.84. The van der Waals surface area contributed by atoms with Gasteiger partial charge in [0, 0.05) is 13.1 Å². The molecule has 15 heavy (non-hydrogen) atoms. The highest BCUT2D eigenvalue weighted by Gasteiger charge is 2.23. The lowest BCUT2D eigenvalue weighted by Crippen LogP contribution is -2.20. The van der Waals surface area contributed by atoms with Crippen LogP contribution in [0.5, 0.6) is 0 Å². The molecule has 1 saturated heterocycles. The maximum absolute atomic E-state index is 6.10. The van der Waals surface area contributed by atoms with Crippen LogP contribution in [0.2, 0.25) is 0 Å². The molecule has 2 aromatic heterocycles. The average molecular weight is 240 g/mol. The van der Waals surface area contributed by atoms with Crippen molar-refractivity contribution >= 4 is 39.0 Å². The summed E-state index contributed by atoms with van der Waals surface area (Å²) in [6.45, 7) is 1.89. The Morgan fingerprint density at radius 1 is 1.47 bits per heavy atom. The van der Waals surface area contributed by atoms with Gasteiger partial charge in [-0.15, -0.1) is 22.9 Å². The summed E-state index contributed by atoms with van der Waals surface area (Å²) in [5.41, 5.74) is 1.03. The van der Waals surface area contributed by atoms with Gasteiger partial charge >= 0.3 is 0 Å². The number of nitrogens with zero attached hydrogens (tertiary/aromatic N) is 3. The molecule has 0 saturated carbocycles. The molecule has 1 atom stereocenters. The molecule has 0 spiro atoms. The van der Waals surface area contributed by atoms with Crippen molar-refractivity contribution in [3.8, 4) is 0 Å². The highest BCUT2D eigenvalue weighted by molar-refractivity contribution is 7.17. The third-order valence-electron chi connectivity index (χ3n) is 2.65. The number of hydrogen-bond acceptors (Lipinski definition) is 4. The summed E-state index contributed by atoms with van der Waals surface area (Å²) in [6.07, 6.45) is 2.67. The molecule has 5 heteroatoms. The second kappa shape index (κ2) is 3.61. The molecule has 3 heterocycles. The van der Waals surface area contributed by atoms with E-state index in [1.54, 1.807) is 17.7 Å². The maximum atomic E-state index is 6.10. The Hall–Kier alpha value is -0.870. The minimum atomic E-state index is 0.259. The van der Waals surface area contributed by atoms with E-state index in [2.05, 4.69) is 20.2 Å². The van der Waals surface area contributed by atoms with Crippen molar-refractivity contribution in [2.75, 3.05) is 18.0 Å². The van der Waals surface area contributed by atoms with E-state index in [9.17, 15) is 0 Å². The fourth-order valence-electron chi connectivity index (χ4n) is 1.91. The number of halogens is 1. The Morgan fingerprint density at radius 3 is 3.20 bits per heavy atom. The van der Waals surface area contributed by atoms with Crippen molar-refractivity contribution in [2.24, 2.45) is 0 Å². The molecule has 0 amide bonds. The van der Waals surface area contributed by atoms with Crippen molar-refractivity contribution in [1.82, 2.24) is 9.97 Å². The molecular weight excluding hydrogens is 230 g/mol. The van der Waals surface area contributed by atoms with E-state index in [4.69, 9.17) is 11.6 Å². The second-order valence-corrected chi connectivity index (χ2v) is 5.20. The third kappa shape index (κ3) is 1.58. The van der Waals surface area contributed by atoms with Gasteiger partial charge in [-0.1, -0.05) is 0 Å². The van der Waals surface area contributed by atoms with Crippen molar-refractivity contribution < 1.29 is 0 Å². The van der Waals surface area contributed by atoms with Crippen molar-refractivity contribution in [3.63, 3.8) is 0 Å². The molecule has 78 valence electrons. The largest absolute Gasteiger partial charge is 0.354 e. The second-order valence-electron chi connectivity index (χ2n) is 3.66. The zero-order chi connectivity index (χ0) is 10.3. The fourth-order valence-corrected chi connectivity index (χ4v) is 3.04. The number of aromatic nitrogens is 2. The number of fused-ring (bicyclic) bond motifs is 1. The monoisotopic (exact) mass is 239 g/mol. The molecule has 1 unspecified atom stereocenters. The van der Waals surface area contributed by atoms with Gasteiger partial charge in [-0.05, 0) is 17.9 Å². The lowest BCUT2D eigenvalue weighted by molar-refractivity contribution is 0.941. The van der Waals surface area contributed by atoms with Gasteiger partial charge in [-0.2, -0.15) is 0 Å². The van der Waals surface area contributed by atoms with Gasteiger partial charge < -0.3 is 4.90 Å². The maximum Gasteiger partial charge on any atom is 0.150 e. The van der Waals surface area contributed by atoms with Crippen LogP contribution in [0.4, 0.5) is 5.82 Å². The molecule has 1 aliphatic rings. The predicted octanol–water partition coefficient (Wildman–Crippen LogP) is 2.51. The van der Waals surface area contributed by atoms with E-state index >= 15 is 0 Å². The SMILES string of the molecule is ClC1CCN(c2ncnc3ccsc23)C1. The molecule has 0 aromatic carbocycles. The summed E-state index contributed by atoms with van der Waals surface area (Å²) in [5, 5.41) is 2.31. The van der Waals surface area contributed by atoms with E-state index < -0.39 is 0 Å².